The zero-order valence-corrected chi connectivity index (χ0v) is 17.4. The van der Waals surface area contributed by atoms with E-state index in [1.165, 1.54) is 11.1 Å². The van der Waals surface area contributed by atoms with E-state index >= 15 is 0 Å². The highest BCUT2D eigenvalue weighted by atomic mass is 15.1. The van der Waals surface area contributed by atoms with Crippen molar-refractivity contribution in [1.82, 2.24) is 19.4 Å². The zero-order valence-electron chi connectivity index (χ0n) is 17.4. The predicted molar refractivity (Wildman–Crippen MR) is 119 cm³/mol. The molecule has 0 atom stereocenters. The lowest BCUT2D eigenvalue weighted by Gasteiger charge is -2.18. The molecule has 0 radical (unpaired) electrons. The fraction of sp³-hybridized carbons (Fsp3) is 0.240. The minimum Gasteiger partial charge on any atom is -0.300 e. The maximum Gasteiger partial charge on any atom is 0.234 e. The van der Waals surface area contributed by atoms with E-state index in [1.54, 1.807) is 6.20 Å². The van der Waals surface area contributed by atoms with Gasteiger partial charge in [-0.2, -0.15) is 5.26 Å². The molecule has 0 aliphatic carbocycles. The summed E-state index contributed by atoms with van der Waals surface area (Å²) in [5.74, 6) is 0.185. The number of nitriles is 1. The van der Waals surface area contributed by atoms with Gasteiger partial charge in [0.2, 0.25) is 5.82 Å². The number of hydrogen-bond acceptors (Lipinski definition) is 4. The third-order valence-corrected chi connectivity index (χ3v) is 5.44. The first-order valence-electron chi connectivity index (χ1n) is 10.3. The Morgan fingerprint density at radius 3 is 2.33 bits per heavy atom. The van der Waals surface area contributed by atoms with Crippen molar-refractivity contribution in [2.24, 2.45) is 0 Å². The summed E-state index contributed by atoms with van der Waals surface area (Å²) in [4.78, 5) is 11.0. The fourth-order valence-electron chi connectivity index (χ4n) is 3.77. The van der Waals surface area contributed by atoms with E-state index in [0.29, 0.717) is 0 Å². The van der Waals surface area contributed by atoms with Gasteiger partial charge in [0.05, 0.1) is 0 Å². The van der Waals surface area contributed by atoms with Crippen LogP contribution in [0.3, 0.4) is 0 Å². The molecule has 2 aromatic carbocycles. The van der Waals surface area contributed by atoms with Gasteiger partial charge in [0, 0.05) is 35.9 Å². The highest BCUT2D eigenvalue weighted by Crippen LogP contribution is 2.25. The normalized spacial score (nSPS) is 11.1. The summed E-state index contributed by atoms with van der Waals surface area (Å²) >= 11 is 0. The first kappa shape index (κ1) is 19.8. The number of benzene rings is 2. The van der Waals surface area contributed by atoms with Gasteiger partial charge in [-0.05, 0) is 42.4 Å². The summed E-state index contributed by atoms with van der Waals surface area (Å²) in [5, 5.41) is 10.2. The van der Waals surface area contributed by atoms with Crippen LogP contribution in [0, 0.1) is 11.3 Å². The van der Waals surface area contributed by atoms with Crippen LogP contribution in [0.4, 0.5) is 0 Å². The lowest BCUT2D eigenvalue weighted by Crippen LogP contribution is -2.22. The van der Waals surface area contributed by atoms with Crippen molar-refractivity contribution in [3.05, 3.63) is 89.5 Å². The van der Waals surface area contributed by atoms with Gasteiger partial charge in [0.1, 0.15) is 11.7 Å². The van der Waals surface area contributed by atoms with Crippen LogP contribution in [0.1, 0.15) is 36.5 Å². The van der Waals surface area contributed by atoms with Crippen LogP contribution in [0.25, 0.3) is 16.7 Å². The van der Waals surface area contributed by atoms with Crippen LogP contribution in [0.5, 0.6) is 0 Å². The molecule has 0 spiro atoms. The maximum atomic E-state index is 9.24. The molecule has 5 nitrogen and oxygen atoms in total. The molecule has 0 N–H and O–H groups in total. The van der Waals surface area contributed by atoms with Crippen LogP contribution in [-0.4, -0.2) is 32.5 Å². The molecule has 30 heavy (non-hydrogen) atoms. The standard InChI is InChI=1S/C25H25N5/c1-3-29(4-2)18-20-12-10-19(11-13-20)14-23-15-21-17-27-24(16-26)28-25(21)30(23)22-8-6-5-7-9-22/h5-13,15,17H,3-4,14,18H2,1-2H3. The van der Waals surface area contributed by atoms with Crippen LogP contribution in [-0.2, 0) is 13.0 Å². The molecule has 0 aliphatic heterocycles. The van der Waals surface area contributed by atoms with Crippen molar-refractivity contribution in [2.75, 3.05) is 13.1 Å². The first-order valence-corrected chi connectivity index (χ1v) is 10.3. The SMILES string of the molecule is CCN(CC)Cc1ccc(Cc2cc3cnc(C#N)nc3n2-c2ccccc2)cc1. The zero-order chi connectivity index (χ0) is 20.9. The van der Waals surface area contributed by atoms with E-state index in [-0.39, 0.29) is 5.82 Å². The topological polar surface area (TPSA) is 57.7 Å². The van der Waals surface area contributed by atoms with Gasteiger partial charge in [0.25, 0.3) is 0 Å². The molecule has 0 unspecified atom stereocenters. The van der Waals surface area contributed by atoms with Gasteiger partial charge in [-0.3, -0.25) is 9.47 Å². The second kappa shape index (κ2) is 8.89. The van der Waals surface area contributed by atoms with Gasteiger partial charge in [-0.25, -0.2) is 9.97 Å². The molecule has 0 fully saturated rings. The summed E-state index contributed by atoms with van der Waals surface area (Å²) in [6.07, 6.45) is 2.51. The van der Waals surface area contributed by atoms with Gasteiger partial charge in [-0.1, -0.05) is 56.3 Å². The fourth-order valence-corrected chi connectivity index (χ4v) is 3.77. The molecule has 0 bridgehead atoms. The Labute approximate surface area is 177 Å². The van der Waals surface area contributed by atoms with Crippen molar-refractivity contribution in [3.63, 3.8) is 0 Å². The molecule has 0 aliphatic rings. The molecular formula is C25H25N5. The van der Waals surface area contributed by atoms with Crippen LogP contribution in [0.2, 0.25) is 0 Å². The van der Waals surface area contributed by atoms with E-state index in [9.17, 15) is 5.26 Å². The average molecular weight is 396 g/mol. The number of para-hydroxylation sites is 1. The van der Waals surface area contributed by atoms with Crippen LogP contribution in [0.15, 0.2) is 66.9 Å². The minimum atomic E-state index is 0.185. The maximum absolute atomic E-state index is 9.24. The quantitative estimate of drug-likeness (QED) is 0.454. The lowest BCUT2D eigenvalue weighted by atomic mass is 10.1. The number of nitrogens with zero attached hydrogens (tertiary/aromatic N) is 5. The van der Waals surface area contributed by atoms with E-state index in [4.69, 9.17) is 0 Å². The molecule has 2 heterocycles. The lowest BCUT2D eigenvalue weighted by molar-refractivity contribution is 0.296. The molecular weight excluding hydrogens is 370 g/mol. The Bertz CT molecular complexity index is 1170. The highest BCUT2D eigenvalue weighted by Gasteiger charge is 2.14. The molecule has 150 valence electrons. The number of hydrogen-bond donors (Lipinski definition) is 0. The Hall–Kier alpha value is -3.49. The molecule has 0 saturated heterocycles. The van der Waals surface area contributed by atoms with E-state index in [0.717, 1.165) is 48.5 Å². The van der Waals surface area contributed by atoms with Gasteiger partial charge in [-0.15, -0.1) is 0 Å². The van der Waals surface area contributed by atoms with Crippen molar-refractivity contribution in [2.45, 2.75) is 26.8 Å². The van der Waals surface area contributed by atoms with Crippen LogP contribution < -0.4 is 0 Å². The highest BCUT2D eigenvalue weighted by molar-refractivity contribution is 5.79. The summed E-state index contributed by atoms with van der Waals surface area (Å²) in [6, 6.07) is 23.2. The molecule has 2 aromatic heterocycles. The molecule has 0 saturated carbocycles. The Morgan fingerprint density at radius 2 is 1.67 bits per heavy atom. The third kappa shape index (κ3) is 4.10. The average Bonchev–Trinajstić information content (AvgIpc) is 3.15. The number of aromatic nitrogens is 3. The molecule has 4 rings (SSSR count). The monoisotopic (exact) mass is 395 g/mol. The van der Waals surface area contributed by atoms with E-state index < -0.39 is 0 Å². The summed E-state index contributed by atoms with van der Waals surface area (Å²) in [6.45, 7) is 7.48. The van der Waals surface area contributed by atoms with E-state index in [2.05, 4.69) is 75.7 Å². The second-order valence-corrected chi connectivity index (χ2v) is 7.35. The molecule has 0 amide bonds. The summed E-state index contributed by atoms with van der Waals surface area (Å²) in [7, 11) is 0. The summed E-state index contributed by atoms with van der Waals surface area (Å²) < 4.78 is 2.13. The van der Waals surface area contributed by atoms with Crippen molar-refractivity contribution in [3.8, 4) is 11.8 Å². The Balaban J connectivity index is 1.70. The predicted octanol–water partition coefficient (Wildman–Crippen LogP) is 4.72. The summed E-state index contributed by atoms with van der Waals surface area (Å²) in [5.41, 5.74) is 5.49. The molecule has 5 heteroatoms. The second-order valence-electron chi connectivity index (χ2n) is 7.35. The smallest absolute Gasteiger partial charge is 0.234 e. The Morgan fingerprint density at radius 1 is 0.967 bits per heavy atom. The molecule has 4 aromatic rings. The number of rotatable bonds is 7. The first-order chi connectivity index (χ1) is 14.7. The van der Waals surface area contributed by atoms with Gasteiger partial charge < -0.3 is 0 Å². The van der Waals surface area contributed by atoms with Gasteiger partial charge >= 0.3 is 0 Å². The Kier molecular flexibility index (Phi) is 5.87. The largest absolute Gasteiger partial charge is 0.300 e. The van der Waals surface area contributed by atoms with E-state index in [1.807, 2.05) is 24.3 Å². The number of fused-ring (bicyclic) bond motifs is 1. The van der Waals surface area contributed by atoms with Gasteiger partial charge in [0.15, 0.2) is 0 Å². The third-order valence-electron chi connectivity index (χ3n) is 5.44. The minimum absolute atomic E-state index is 0.185. The van der Waals surface area contributed by atoms with Crippen LogP contribution >= 0.6 is 0 Å². The van der Waals surface area contributed by atoms with Crippen molar-refractivity contribution >= 4 is 11.0 Å². The van der Waals surface area contributed by atoms with Crippen molar-refractivity contribution in [1.29, 1.82) is 5.26 Å². The van der Waals surface area contributed by atoms with Crippen molar-refractivity contribution < 1.29 is 0 Å².